The van der Waals surface area contributed by atoms with Crippen molar-refractivity contribution < 1.29 is 9.53 Å². The zero-order valence-electron chi connectivity index (χ0n) is 13.4. The normalized spacial score (nSPS) is 10.4. The van der Waals surface area contributed by atoms with Gasteiger partial charge in [0.25, 0.3) is 5.91 Å². The number of carbonyl (C=O) groups is 1. The number of nitrogens with zero attached hydrogens (tertiary/aromatic N) is 1. The molecule has 0 saturated heterocycles. The predicted molar refractivity (Wildman–Crippen MR) is 96.1 cm³/mol. The molecular weight excluding hydrogens is 320 g/mol. The fraction of sp³-hybridized carbons (Fsp3) is 0.158. The Labute approximate surface area is 145 Å². The quantitative estimate of drug-likeness (QED) is 0.743. The van der Waals surface area contributed by atoms with Crippen LogP contribution in [0.3, 0.4) is 0 Å². The van der Waals surface area contributed by atoms with Crippen molar-refractivity contribution in [2.45, 2.75) is 13.5 Å². The van der Waals surface area contributed by atoms with E-state index < -0.39 is 0 Å². The minimum Gasteiger partial charge on any atom is -0.484 e. The minimum absolute atomic E-state index is 0.00149. The van der Waals surface area contributed by atoms with Crippen LogP contribution in [0.5, 0.6) is 5.75 Å². The molecule has 3 aromatic rings. The Balaban J connectivity index is 1.52. The van der Waals surface area contributed by atoms with E-state index >= 15 is 0 Å². The molecule has 24 heavy (non-hydrogen) atoms. The molecule has 0 saturated carbocycles. The molecule has 0 unspecified atom stereocenters. The Kier molecular flexibility index (Phi) is 5.23. The van der Waals surface area contributed by atoms with Gasteiger partial charge in [-0.25, -0.2) is 0 Å². The summed E-state index contributed by atoms with van der Waals surface area (Å²) in [4.78, 5) is 17.3. The van der Waals surface area contributed by atoms with E-state index in [1.807, 2.05) is 54.9 Å². The highest BCUT2D eigenvalue weighted by Crippen LogP contribution is 2.24. The van der Waals surface area contributed by atoms with Gasteiger partial charge in [-0.05, 0) is 47.7 Å². The number of ether oxygens (including phenoxy) is 1. The molecule has 0 bridgehead atoms. The van der Waals surface area contributed by atoms with Gasteiger partial charge in [0.1, 0.15) is 5.75 Å². The topological polar surface area (TPSA) is 51.2 Å². The summed E-state index contributed by atoms with van der Waals surface area (Å²) < 4.78 is 5.49. The summed E-state index contributed by atoms with van der Waals surface area (Å²) in [7, 11) is 0. The first-order valence-electron chi connectivity index (χ1n) is 7.65. The van der Waals surface area contributed by atoms with E-state index in [1.165, 1.54) is 4.88 Å². The third-order valence-electron chi connectivity index (χ3n) is 3.45. The van der Waals surface area contributed by atoms with Gasteiger partial charge in [0.15, 0.2) is 6.61 Å². The van der Waals surface area contributed by atoms with Crippen LogP contribution in [0.2, 0.25) is 0 Å². The fourth-order valence-electron chi connectivity index (χ4n) is 2.27. The number of thiophene rings is 1. The molecule has 0 aliphatic rings. The van der Waals surface area contributed by atoms with Crippen LogP contribution in [0.15, 0.2) is 60.2 Å². The number of benzene rings is 1. The van der Waals surface area contributed by atoms with Gasteiger partial charge in [-0.1, -0.05) is 18.2 Å². The van der Waals surface area contributed by atoms with E-state index in [0.29, 0.717) is 12.3 Å². The molecule has 1 amide bonds. The number of rotatable bonds is 6. The van der Waals surface area contributed by atoms with Crippen LogP contribution in [0.25, 0.3) is 10.4 Å². The lowest BCUT2D eigenvalue weighted by Crippen LogP contribution is -2.28. The maximum absolute atomic E-state index is 11.9. The number of hydrogen-bond acceptors (Lipinski definition) is 4. The zero-order chi connectivity index (χ0) is 16.8. The van der Waals surface area contributed by atoms with E-state index in [4.69, 9.17) is 4.74 Å². The van der Waals surface area contributed by atoms with Crippen LogP contribution in [0.1, 0.15) is 11.1 Å². The van der Waals surface area contributed by atoms with Crippen molar-refractivity contribution >= 4 is 17.2 Å². The minimum atomic E-state index is -0.155. The van der Waals surface area contributed by atoms with E-state index in [2.05, 4.69) is 16.4 Å². The molecule has 0 atom stereocenters. The average molecular weight is 338 g/mol. The number of nitrogens with one attached hydrogen (secondary N) is 1. The Morgan fingerprint density at radius 3 is 2.92 bits per heavy atom. The first kappa shape index (κ1) is 16.2. The summed E-state index contributed by atoms with van der Waals surface area (Å²) >= 11 is 1.67. The highest BCUT2D eigenvalue weighted by Gasteiger charge is 2.05. The van der Waals surface area contributed by atoms with Crippen molar-refractivity contribution in [1.82, 2.24) is 10.3 Å². The predicted octanol–water partition coefficient (Wildman–Crippen LogP) is 3.81. The van der Waals surface area contributed by atoms with Gasteiger partial charge in [0.05, 0.1) is 0 Å². The van der Waals surface area contributed by atoms with Crippen LogP contribution in [0.4, 0.5) is 0 Å². The lowest BCUT2D eigenvalue weighted by molar-refractivity contribution is -0.123. The van der Waals surface area contributed by atoms with E-state index in [9.17, 15) is 4.79 Å². The van der Waals surface area contributed by atoms with Crippen LogP contribution >= 0.6 is 11.3 Å². The van der Waals surface area contributed by atoms with Crippen LogP contribution in [0, 0.1) is 6.92 Å². The van der Waals surface area contributed by atoms with Crippen molar-refractivity contribution in [3.8, 4) is 16.2 Å². The fourth-order valence-corrected chi connectivity index (χ4v) is 2.98. The van der Waals surface area contributed by atoms with Gasteiger partial charge in [0, 0.05) is 29.4 Å². The molecule has 3 rings (SSSR count). The Morgan fingerprint density at radius 1 is 1.21 bits per heavy atom. The molecule has 0 aliphatic carbocycles. The van der Waals surface area contributed by atoms with Crippen LogP contribution in [-0.4, -0.2) is 17.5 Å². The Morgan fingerprint density at radius 2 is 2.12 bits per heavy atom. The lowest BCUT2D eigenvalue weighted by Gasteiger charge is -2.08. The second kappa shape index (κ2) is 7.75. The number of hydrogen-bond donors (Lipinski definition) is 1. The zero-order valence-corrected chi connectivity index (χ0v) is 14.2. The molecule has 0 radical (unpaired) electrons. The van der Waals surface area contributed by atoms with Gasteiger partial charge < -0.3 is 10.1 Å². The van der Waals surface area contributed by atoms with E-state index in [1.54, 1.807) is 17.5 Å². The third-order valence-corrected chi connectivity index (χ3v) is 4.37. The van der Waals surface area contributed by atoms with Gasteiger partial charge >= 0.3 is 0 Å². The molecule has 2 aromatic heterocycles. The van der Waals surface area contributed by atoms with Crippen molar-refractivity contribution in [2.24, 2.45) is 0 Å². The molecule has 1 N–H and O–H groups in total. The van der Waals surface area contributed by atoms with Gasteiger partial charge in [0.2, 0.25) is 0 Å². The summed E-state index contributed by atoms with van der Waals surface area (Å²) in [6, 6.07) is 13.7. The smallest absolute Gasteiger partial charge is 0.258 e. The van der Waals surface area contributed by atoms with Crippen LogP contribution in [-0.2, 0) is 11.3 Å². The van der Waals surface area contributed by atoms with Gasteiger partial charge in [-0.3, -0.25) is 9.78 Å². The first-order chi connectivity index (χ1) is 11.7. The number of carbonyl (C=O) groups excluding carboxylic acids is 1. The summed E-state index contributed by atoms with van der Waals surface area (Å²) in [6.45, 7) is 2.42. The molecule has 2 heterocycles. The summed E-state index contributed by atoms with van der Waals surface area (Å²) in [6.07, 6.45) is 3.59. The lowest BCUT2D eigenvalue weighted by atomic mass is 10.2. The largest absolute Gasteiger partial charge is 0.484 e. The number of aryl methyl sites for hydroxylation is 1. The maximum atomic E-state index is 11.9. The second-order valence-electron chi connectivity index (χ2n) is 5.44. The second-order valence-corrected chi connectivity index (χ2v) is 6.39. The molecule has 122 valence electrons. The summed E-state index contributed by atoms with van der Waals surface area (Å²) in [5.41, 5.74) is 3.13. The van der Waals surface area contributed by atoms with E-state index in [0.717, 1.165) is 16.7 Å². The molecular formula is C19H18N2O2S. The summed E-state index contributed by atoms with van der Waals surface area (Å²) in [5.74, 6) is 0.546. The maximum Gasteiger partial charge on any atom is 0.258 e. The Hall–Kier alpha value is -2.66. The number of aromatic nitrogens is 1. The van der Waals surface area contributed by atoms with E-state index in [-0.39, 0.29) is 12.5 Å². The van der Waals surface area contributed by atoms with Crippen molar-refractivity contribution in [3.63, 3.8) is 0 Å². The number of amides is 1. The van der Waals surface area contributed by atoms with Crippen molar-refractivity contribution in [1.29, 1.82) is 0 Å². The number of pyridine rings is 1. The SMILES string of the molecule is Cc1cccc(OCC(=O)NCc2cncc(-c3cccs3)c2)c1. The molecule has 0 fully saturated rings. The Bertz CT molecular complexity index is 816. The summed E-state index contributed by atoms with van der Waals surface area (Å²) in [5, 5.41) is 4.89. The molecule has 0 spiro atoms. The molecule has 0 aliphatic heterocycles. The van der Waals surface area contributed by atoms with Gasteiger partial charge in [-0.2, -0.15) is 0 Å². The molecule has 4 nitrogen and oxygen atoms in total. The monoisotopic (exact) mass is 338 g/mol. The first-order valence-corrected chi connectivity index (χ1v) is 8.52. The van der Waals surface area contributed by atoms with Crippen LogP contribution < -0.4 is 10.1 Å². The highest BCUT2D eigenvalue weighted by molar-refractivity contribution is 7.13. The van der Waals surface area contributed by atoms with Crippen molar-refractivity contribution in [2.75, 3.05) is 6.61 Å². The molecule has 1 aromatic carbocycles. The third kappa shape index (κ3) is 4.43. The highest BCUT2D eigenvalue weighted by atomic mass is 32.1. The van der Waals surface area contributed by atoms with Gasteiger partial charge in [-0.15, -0.1) is 11.3 Å². The average Bonchev–Trinajstić information content (AvgIpc) is 3.13. The van der Waals surface area contributed by atoms with Crippen molar-refractivity contribution in [3.05, 3.63) is 71.4 Å². The standard InChI is InChI=1S/C19H18N2O2S/c1-14-4-2-5-17(8-14)23-13-19(22)21-11-15-9-16(12-20-10-15)18-6-3-7-24-18/h2-10,12H,11,13H2,1H3,(H,21,22). The molecule has 5 heteroatoms.